The first-order chi connectivity index (χ1) is 8.36. The van der Waals surface area contributed by atoms with Crippen LogP contribution in [0.3, 0.4) is 0 Å². The van der Waals surface area contributed by atoms with E-state index in [1.807, 2.05) is 60.0 Å². The highest BCUT2D eigenvalue weighted by Gasteiger charge is 2.13. The fourth-order valence-corrected chi connectivity index (χ4v) is 2.84. The van der Waals surface area contributed by atoms with Crippen LogP contribution in [0, 0.1) is 0 Å². The van der Waals surface area contributed by atoms with Crippen molar-refractivity contribution in [2.45, 2.75) is 0 Å². The van der Waals surface area contributed by atoms with Gasteiger partial charge in [0.05, 0.1) is 0 Å². The largest absolute Gasteiger partial charge is 0.289 e. The zero-order chi connectivity index (χ0) is 11.7. The maximum atomic E-state index is 12.3. The summed E-state index contributed by atoms with van der Waals surface area (Å²) in [7, 11) is 0. The predicted molar refractivity (Wildman–Crippen MR) is 71.7 cm³/mol. The lowest BCUT2D eigenvalue weighted by molar-refractivity contribution is 0.104. The van der Waals surface area contributed by atoms with Crippen LogP contribution in [0.1, 0.15) is 15.9 Å². The Bertz CT molecular complexity index is 667. The van der Waals surface area contributed by atoms with Crippen molar-refractivity contribution in [3.8, 4) is 0 Å². The molecule has 0 fully saturated rings. The third-order valence-corrected chi connectivity index (χ3v) is 3.73. The number of hydrogen-bond acceptors (Lipinski definition) is 2. The molecule has 0 atom stereocenters. The van der Waals surface area contributed by atoms with Gasteiger partial charge in [-0.2, -0.15) is 0 Å². The highest BCUT2D eigenvalue weighted by atomic mass is 32.1. The molecule has 2 heteroatoms. The van der Waals surface area contributed by atoms with Crippen molar-refractivity contribution in [3.05, 3.63) is 71.1 Å². The SMILES string of the molecule is O=C(c1ccccc1)c1csc2ccccc12. The Hall–Kier alpha value is -1.93. The Balaban J connectivity index is 2.14. The van der Waals surface area contributed by atoms with Crippen molar-refractivity contribution in [1.82, 2.24) is 0 Å². The number of hydrogen-bond donors (Lipinski definition) is 0. The van der Waals surface area contributed by atoms with Crippen LogP contribution >= 0.6 is 11.3 Å². The van der Waals surface area contributed by atoms with Crippen LogP contribution in [0.5, 0.6) is 0 Å². The topological polar surface area (TPSA) is 17.1 Å². The number of thiophene rings is 1. The Morgan fingerprint density at radius 3 is 2.41 bits per heavy atom. The van der Waals surface area contributed by atoms with Gasteiger partial charge in [0, 0.05) is 26.6 Å². The minimum absolute atomic E-state index is 0.100. The van der Waals surface area contributed by atoms with Gasteiger partial charge in [-0.05, 0) is 6.07 Å². The lowest BCUT2D eigenvalue weighted by Crippen LogP contribution is -1.99. The fourth-order valence-electron chi connectivity index (χ4n) is 1.90. The van der Waals surface area contributed by atoms with E-state index in [0.717, 1.165) is 21.2 Å². The normalized spacial score (nSPS) is 10.6. The average Bonchev–Trinajstić information content (AvgIpc) is 2.83. The Morgan fingerprint density at radius 2 is 1.59 bits per heavy atom. The number of ketones is 1. The molecule has 0 radical (unpaired) electrons. The summed E-state index contributed by atoms with van der Waals surface area (Å²) in [4.78, 5) is 12.3. The molecule has 3 rings (SSSR count). The predicted octanol–water partition coefficient (Wildman–Crippen LogP) is 4.13. The molecule has 0 unspecified atom stereocenters. The van der Waals surface area contributed by atoms with E-state index in [1.54, 1.807) is 11.3 Å². The summed E-state index contributed by atoms with van der Waals surface area (Å²) in [6, 6.07) is 17.4. The maximum absolute atomic E-state index is 12.3. The van der Waals surface area contributed by atoms with Crippen molar-refractivity contribution >= 4 is 27.2 Å². The molecular weight excluding hydrogens is 228 g/mol. The van der Waals surface area contributed by atoms with E-state index in [-0.39, 0.29) is 5.78 Å². The van der Waals surface area contributed by atoms with E-state index in [0.29, 0.717) is 0 Å². The molecule has 1 aromatic heterocycles. The molecule has 82 valence electrons. The summed E-state index contributed by atoms with van der Waals surface area (Å²) in [6.07, 6.45) is 0. The second-order valence-corrected chi connectivity index (χ2v) is 4.75. The lowest BCUT2D eigenvalue weighted by atomic mass is 10.0. The molecule has 17 heavy (non-hydrogen) atoms. The van der Waals surface area contributed by atoms with Crippen LogP contribution in [0.4, 0.5) is 0 Å². The van der Waals surface area contributed by atoms with Crippen LogP contribution in [-0.4, -0.2) is 5.78 Å². The van der Waals surface area contributed by atoms with E-state index >= 15 is 0 Å². The highest BCUT2D eigenvalue weighted by Crippen LogP contribution is 2.27. The van der Waals surface area contributed by atoms with E-state index < -0.39 is 0 Å². The molecule has 3 aromatic rings. The first kappa shape index (κ1) is 10.2. The number of benzene rings is 2. The Kier molecular flexibility index (Phi) is 2.50. The molecule has 0 N–H and O–H groups in total. The van der Waals surface area contributed by atoms with Gasteiger partial charge in [-0.1, -0.05) is 48.5 Å². The van der Waals surface area contributed by atoms with Gasteiger partial charge in [0.2, 0.25) is 0 Å². The molecule has 1 nitrogen and oxygen atoms in total. The van der Waals surface area contributed by atoms with Crippen LogP contribution in [-0.2, 0) is 0 Å². The van der Waals surface area contributed by atoms with Gasteiger partial charge < -0.3 is 0 Å². The molecule has 0 amide bonds. The number of carbonyl (C=O) groups is 1. The summed E-state index contributed by atoms with van der Waals surface area (Å²) >= 11 is 1.62. The standard InChI is InChI=1S/C15H10OS/c16-15(11-6-2-1-3-7-11)13-10-17-14-9-5-4-8-12(13)14/h1-10H. The third kappa shape index (κ3) is 1.77. The van der Waals surface area contributed by atoms with Gasteiger partial charge in [0.15, 0.2) is 5.78 Å². The zero-order valence-corrected chi connectivity index (χ0v) is 9.91. The number of fused-ring (bicyclic) bond motifs is 1. The fraction of sp³-hybridized carbons (Fsp3) is 0. The quantitative estimate of drug-likeness (QED) is 0.613. The van der Waals surface area contributed by atoms with E-state index in [1.165, 1.54) is 0 Å². The van der Waals surface area contributed by atoms with Crippen LogP contribution < -0.4 is 0 Å². The molecule has 0 spiro atoms. The molecular formula is C15H10OS. The number of rotatable bonds is 2. The summed E-state index contributed by atoms with van der Waals surface area (Å²) in [6.45, 7) is 0. The van der Waals surface area contributed by atoms with Crippen molar-refractivity contribution in [3.63, 3.8) is 0 Å². The zero-order valence-electron chi connectivity index (χ0n) is 9.09. The summed E-state index contributed by atoms with van der Waals surface area (Å²) in [5.41, 5.74) is 1.55. The highest BCUT2D eigenvalue weighted by molar-refractivity contribution is 7.17. The van der Waals surface area contributed by atoms with Gasteiger partial charge in [0.25, 0.3) is 0 Å². The van der Waals surface area contributed by atoms with Crippen molar-refractivity contribution < 1.29 is 4.79 Å². The molecule has 0 saturated carbocycles. The van der Waals surface area contributed by atoms with E-state index in [2.05, 4.69) is 0 Å². The molecule has 0 aliphatic carbocycles. The summed E-state index contributed by atoms with van der Waals surface area (Å²) < 4.78 is 1.16. The van der Waals surface area contributed by atoms with Crippen molar-refractivity contribution in [1.29, 1.82) is 0 Å². The second-order valence-electron chi connectivity index (χ2n) is 3.84. The summed E-state index contributed by atoms with van der Waals surface area (Å²) in [5, 5.41) is 2.99. The average molecular weight is 238 g/mol. The van der Waals surface area contributed by atoms with Gasteiger partial charge in [0.1, 0.15) is 0 Å². The minimum Gasteiger partial charge on any atom is -0.289 e. The molecule has 0 aliphatic heterocycles. The first-order valence-electron chi connectivity index (χ1n) is 5.42. The maximum Gasteiger partial charge on any atom is 0.194 e. The van der Waals surface area contributed by atoms with Crippen molar-refractivity contribution in [2.24, 2.45) is 0 Å². The Labute approximate surface area is 103 Å². The molecule has 2 aromatic carbocycles. The molecule has 0 aliphatic rings. The lowest BCUT2D eigenvalue weighted by Gasteiger charge is -1.99. The van der Waals surface area contributed by atoms with E-state index in [9.17, 15) is 4.79 Å². The molecule has 0 saturated heterocycles. The molecule has 0 bridgehead atoms. The first-order valence-corrected chi connectivity index (χ1v) is 6.30. The van der Waals surface area contributed by atoms with Crippen LogP contribution in [0.15, 0.2) is 60.0 Å². The molecule has 1 heterocycles. The van der Waals surface area contributed by atoms with Gasteiger partial charge in [-0.3, -0.25) is 4.79 Å². The van der Waals surface area contributed by atoms with Gasteiger partial charge >= 0.3 is 0 Å². The smallest absolute Gasteiger partial charge is 0.194 e. The Morgan fingerprint density at radius 1 is 0.882 bits per heavy atom. The third-order valence-electron chi connectivity index (χ3n) is 2.76. The summed E-state index contributed by atoms with van der Waals surface area (Å²) in [5.74, 6) is 0.100. The van der Waals surface area contributed by atoms with Gasteiger partial charge in [-0.25, -0.2) is 0 Å². The second kappa shape index (κ2) is 4.15. The van der Waals surface area contributed by atoms with Gasteiger partial charge in [-0.15, -0.1) is 11.3 Å². The minimum atomic E-state index is 0.100. The number of carbonyl (C=O) groups excluding carboxylic acids is 1. The van der Waals surface area contributed by atoms with Crippen LogP contribution in [0.2, 0.25) is 0 Å². The van der Waals surface area contributed by atoms with Crippen molar-refractivity contribution in [2.75, 3.05) is 0 Å². The van der Waals surface area contributed by atoms with E-state index in [4.69, 9.17) is 0 Å². The van der Waals surface area contributed by atoms with Crippen LogP contribution in [0.25, 0.3) is 10.1 Å². The monoisotopic (exact) mass is 238 g/mol.